The van der Waals surface area contributed by atoms with Crippen LogP contribution in [-0.2, 0) is 32.2 Å². The first-order valence-corrected chi connectivity index (χ1v) is 9.76. The Morgan fingerprint density at radius 3 is 2.90 bits per heavy atom. The largest absolute Gasteiger partial charge is 0.456 e. The van der Waals surface area contributed by atoms with Gasteiger partial charge in [-0.2, -0.15) is 0 Å². The van der Waals surface area contributed by atoms with Gasteiger partial charge in [-0.15, -0.1) is 0 Å². The van der Waals surface area contributed by atoms with E-state index in [1.165, 1.54) is 17.9 Å². The highest BCUT2D eigenvalue weighted by Gasteiger charge is 2.33. The number of fused-ring (bicyclic) bond motifs is 1. The maximum Gasteiger partial charge on any atom is 0.414 e. The number of carbonyl (C=O) groups is 3. The number of aromatic nitrogens is 1. The van der Waals surface area contributed by atoms with Gasteiger partial charge in [0.05, 0.1) is 36.7 Å². The van der Waals surface area contributed by atoms with Crippen LogP contribution >= 0.6 is 0 Å². The topological polar surface area (TPSA) is 101 Å². The van der Waals surface area contributed by atoms with Crippen molar-refractivity contribution in [3.63, 3.8) is 0 Å². The number of hydrogen-bond acceptors (Lipinski definition) is 7. The van der Waals surface area contributed by atoms with E-state index in [1.54, 1.807) is 18.3 Å². The number of nitrogens with zero attached hydrogens (tertiary/aromatic N) is 3. The second-order valence-corrected chi connectivity index (χ2v) is 7.30. The number of hydrogen-bond donors (Lipinski definition) is 1. The van der Waals surface area contributed by atoms with E-state index in [0.717, 1.165) is 11.3 Å². The number of halogens is 1. The molecule has 0 radical (unpaired) electrons. The third-order valence-electron chi connectivity index (χ3n) is 5.08. The van der Waals surface area contributed by atoms with Gasteiger partial charge in [0.15, 0.2) is 6.61 Å². The lowest BCUT2D eigenvalue weighted by Gasteiger charge is -2.20. The number of cyclic esters (lactones) is 1. The van der Waals surface area contributed by atoms with E-state index in [2.05, 4.69) is 15.0 Å². The summed E-state index contributed by atoms with van der Waals surface area (Å²) in [5.41, 5.74) is 2.79. The first-order chi connectivity index (χ1) is 14.9. The SMILES string of the molecule is CC(=O)OCC(=O)NC[C@H]1CN(c2ccc(N3Cc4cccnc4C3)c(F)c2)C(=O)O1. The van der Waals surface area contributed by atoms with E-state index in [4.69, 9.17) is 4.74 Å². The minimum Gasteiger partial charge on any atom is -0.456 e. The van der Waals surface area contributed by atoms with Crippen molar-refractivity contribution >= 4 is 29.3 Å². The van der Waals surface area contributed by atoms with Crippen molar-refractivity contribution in [3.05, 3.63) is 53.6 Å². The van der Waals surface area contributed by atoms with E-state index < -0.39 is 36.5 Å². The molecule has 1 fully saturated rings. The second kappa shape index (κ2) is 8.58. The Kier molecular flexibility index (Phi) is 5.70. The molecule has 10 heteroatoms. The summed E-state index contributed by atoms with van der Waals surface area (Å²) < 4.78 is 24.7. The summed E-state index contributed by atoms with van der Waals surface area (Å²) in [6.45, 7) is 2.11. The van der Waals surface area contributed by atoms with E-state index in [-0.39, 0.29) is 13.1 Å². The molecule has 9 nitrogen and oxygen atoms in total. The highest BCUT2D eigenvalue weighted by atomic mass is 19.1. The summed E-state index contributed by atoms with van der Waals surface area (Å²) in [4.78, 5) is 42.1. The van der Waals surface area contributed by atoms with Gasteiger partial charge in [-0.05, 0) is 29.8 Å². The van der Waals surface area contributed by atoms with E-state index >= 15 is 0 Å². The van der Waals surface area contributed by atoms with Gasteiger partial charge in [-0.3, -0.25) is 19.5 Å². The molecule has 0 spiro atoms. The molecular weight excluding hydrogens is 407 g/mol. The molecule has 1 aromatic carbocycles. The number of pyridine rings is 1. The van der Waals surface area contributed by atoms with Crippen LogP contribution in [0.3, 0.4) is 0 Å². The molecule has 2 aliphatic rings. The molecule has 2 aliphatic heterocycles. The third-order valence-corrected chi connectivity index (χ3v) is 5.08. The van der Waals surface area contributed by atoms with Gasteiger partial charge in [-0.25, -0.2) is 9.18 Å². The van der Waals surface area contributed by atoms with Crippen molar-refractivity contribution < 1.29 is 28.2 Å². The first-order valence-electron chi connectivity index (χ1n) is 9.76. The predicted octanol–water partition coefficient (Wildman–Crippen LogP) is 1.75. The smallest absolute Gasteiger partial charge is 0.414 e. The first kappa shape index (κ1) is 20.6. The lowest BCUT2D eigenvalue weighted by atomic mass is 10.2. The zero-order chi connectivity index (χ0) is 22.0. The number of benzene rings is 1. The molecule has 1 aromatic heterocycles. The van der Waals surface area contributed by atoms with Crippen LogP contribution in [-0.4, -0.2) is 48.8 Å². The Balaban J connectivity index is 1.37. The van der Waals surface area contributed by atoms with Crippen LogP contribution in [0.1, 0.15) is 18.2 Å². The summed E-state index contributed by atoms with van der Waals surface area (Å²) in [5, 5.41) is 2.53. The quantitative estimate of drug-likeness (QED) is 0.700. The highest BCUT2D eigenvalue weighted by Crippen LogP contribution is 2.32. The number of carbonyl (C=O) groups excluding carboxylic acids is 3. The van der Waals surface area contributed by atoms with Crippen molar-refractivity contribution in [1.82, 2.24) is 10.3 Å². The van der Waals surface area contributed by atoms with E-state index in [1.807, 2.05) is 17.0 Å². The Labute approximate surface area is 177 Å². The molecule has 1 atom stereocenters. The second-order valence-electron chi connectivity index (χ2n) is 7.30. The van der Waals surface area contributed by atoms with Gasteiger partial charge in [0.25, 0.3) is 5.91 Å². The number of ether oxygens (including phenoxy) is 2. The van der Waals surface area contributed by atoms with Crippen LogP contribution in [0.25, 0.3) is 0 Å². The molecular formula is C21H21FN4O5. The van der Waals surface area contributed by atoms with Gasteiger partial charge in [-0.1, -0.05) is 6.07 Å². The minimum absolute atomic E-state index is 0.0575. The number of amides is 2. The fourth-order valence-electron chi connectivity index (χ4n) is 3.57. The molecule has 0 unspecified atom stereocenters. The summed E-state index contributed by atoms with van der Waals surface area (Å²) >= 11 is 0. The molecule has 4 rings (SSSR count). The highest BCUT2D eigenvalue weighted by molar-refractivity contribution is 5.90. The summed E-state index contributed by atoms with van der Waals surface area (Å²) in [6.07, 6.45) is 0.496. The zero-order valence-electron chi connectivity index (χ0n) is 16.8. The molecule has 2 aromatic rings. The van der Waals surface area contributed by atoms with Crippen LogP contribution in [0, 0.1) is 5.82 Å². The van der Waals surface area contributed by atoms with Crippen molar-refractivity contribution in [2.75, 3.05) is 29.5 Å². The Hall–Kier alpha value is -3.69. The van der Waals surface area contributed by atoms with Gasteiger partial charge in [0.2, 0.25) is 0 Å². The lowest BCUT2D eigenvalue weighted by molar-refractivity contribution is -0.146. The van der Waals surface area contributed by atoms with Crippen molar-refractivity contribution in [2.45, 2.75) is 26.1 Å². The van der Waals surface area contributed by atoms with Crippen LogP contribution in [0.4, 0.5) is 20.6 Å². The Bertz CT molecular complexity index is 1010. The molecule has 0 aliphatic carbocycles. The number of esters is 1. The molecule has 31 heavy (non-hydrogen) atoms. The van der Waals surface area contributed by atoms with Crippen LogP contribution in [0.2, 0.25) is 0 Å². The van der Waals surface area contributed by atoms with E-state index in [0.29, 0.717) is 24.5 Å². The third kappa shape index (κ3) is 4.57. The number of rotatable bonds is 6. The van der Waals surface area contributed by atoms with Crippen molar-refractivity contribution in [2.24, 2.45) is 0 Å². The molecule has 3 heterocycles. The fourth-order valence-corrected chi connectivity index (χ4v) is 3.57. The van der Waals surface area contributed by atoms with Crippen molar-refractivity contribution in [1.29, 1.82) is 0 Å². The normalized spacial score (nSPS) is 17.4. The number of nitrogens with one attached hydrogen (secondary N) is 1. The maximum absolute atomic E-state index is 14.9. The molecule has 162 valence electrons. The van der Waals surface area contributed by atoms with E-state index in [9.17, 15) is 18.8 Å². The van der Waals surface area contributed by atoms with Crippen LogP contribution in [0.5, 0.6) is 0 Å². The van der Waals surface area contributed by atoms with Gasteiger partial charge in [0, 0.05) is 19.7 Å². The average molecular weight is 428 g/mol. The monoisotopic (exact) mass is 428 g/mol. The van der Waals surface area contributed by atoms with Crippen molar-refractivity contribution in [3.8, 4) is 0 Å². The average Bonchev–Trinajstić information content (AvgIpc) is 3.33. The van der Waals surface area contributed by atoms with Crippen LogP contribution in [0.15, 0.2) is 36.5 Å². The maximum atomic E-state index is 14.9. The van der Waals surface area contributed by atoms with Gasteiger partial charge < -0.3 is 19.7 Å². The molecule has 0 saturated carbocycles. The summed E-state index contributed by atoms with van der Waals surface area (Å²) in [5.74, 6) is -1.51. The summed E-state index contributed by atoms with van der Waals surface area (Å²) in [7, 11) is 0. The minimum atomic E-state index is -0.621. The number of anilines is 2. The van der Waals surface area contributed by atoms with Gasteiger partial charge >= 0.3 is 12.1 Å². The lowest BCUT2D eigenvalue weighted by Crippen LogP contribution is -2.36. The molecule has 2 amide bonds. The van der Waals surface area contributed by atoms with Gasteiger partial charge in [0.1, 0.15) is 11.9 Å². The Morgan fingerprint density at radius 1 is 1.32 bits per heavy atom. The standard InChI is InChI=1S/C21H21FN4O5/c1-13(27)30-12-20(28)24-8-16-10-26(21(29)31-16)15-4-5-19(17(22)7-15)25-9-14-3-2-6-23-18(14)11-25/h2-7,16H,8-12H2,1H3,(H,24,28)/t16-/m0/s1. The fraction of sp³-hybridized carbons (Fsp3) is 0.333. The molecule has 0 bridgehead atoms. The summed E-state index contributed by atoms with van der Waals surface area (Å²) in [6, 6.07) is 8.43. The molecule has 1 N–H and O–H groups in total. The zero-order valence-corrected chi connectivity index (χ0v) is 16.8. The predicted molar refractivity (Wildman–Crippen MR) is 108 cm³/mol. The molecule has 1 saturated heterocycles. The Morgan fingerprint density at radius 2 is 2.16 bits per heavy atom. The van der Waals surface area contributed by atoms with Crippen LogP contribution < -0.4 is 15.1 Å².